The van der Waals surface area contributed by atoms with Gasteiger partial charge in [-0.25, -0.2) is 0 Å². The molecule has 0 amide bonds. The Bertz CT molecular complexity index is 377. The lowest BCUT2D eigenvalue weighted by atomic mass is 9.98. The molecule has 1 aromatic rings. The molecule has 0 atom stereocenters. The lowest BCUT2D eigenvalue weighted by molar-refractivity contribution is -0.905. The van der Waals surface area contributed by atoms with Crippen LogP contribution in [0.25, 0.3) is 0 Å². The van der Waals surface area contributed by atoms with Crippen molar-refractivity contribution < 1.29 is 31.7 Å². The minimum absolute atomic E-state index is 0. The first kappa shape index (κ1) is 12.3. The molecule has 0 saturated heterocycles. The maximum Gasteiger partial charge on any atom is 0.157 e. The molecular formula is C11H16BrNO2. The Hall–Kier alpha value is -0.740. The number of halogens is 1. The van der Waals surface area contributed by atoms with E-state index in [1.807, 2.05) is 0 Å². The van der Waals surface area contributed by atoms with Gasteiger partial charge in [-0.1, -0.05) is 0 Å². The largest absolute Gasteiger partial charge is 1.00 e. The third-order valence-corrected chi connectivity index (χ3v) is 2.88. The van der Waals surface area contributed by atoms with E-state index in [1.54, 1.807) is 12.1 Å². The fourth-order valence-electron chi connectivity index (χ4n) is 2.01. The zero-order valence-corrected chi connectivity index (χ0v) is 10.6. The molecule has 1 aliphatic rings. The number of phenolic OH excluding ortho intramolecular Hbond substituents is 2. The summed E-state index contributed by atoms with van der Waals surface area (Å²) >= 11 is 0. The molecule has 4 heteroatoms. The number of phenols is 2. The van der Waals surface area contributed by atoms with E-state index in [4.69, 9.17) is 0 Å². The number of fused-ring (bicyclic) bond motifs is 1. The van der Waals surface area contributed by atoms with Crippen molar-refractivity contribution >= 4 is 0 Å². The smallest absolute Gasteiger partial charge is 0.157 e. The Labute approximate surface area is 100 Å². The summed E-state index contributed by atoms with van der Waals surface area (Å²) in [5.74, 6) is -0.0124. The highest BCUT2D eigenvalue weighted by Crippen LogP contribution is 2.32. The van der Waals surface area contributed by atoms with E-state index in [-0.39, 0.29) is 28.5 Å². The van der Waals surface area contributed by atoms with Gasteiger partial charge in [-0.15, -0.1) is 0 Å². The summed E-state index contributed by atoms with van der Waals surface area (Å²) in [4.78, 5) is 0. The number of hydrogen-bond donors (Lipinski definition) is 2. The van der Waals surface area contributed by atoms with E-state index in [0.29, 0.717) is 0 Å². The van der Waals surface area contributed by atoms with Crippen LogP contribution in [0.5, 0.6) is 11.5 Å². The van der Waals surface area contributed by atoms with Crippen LogP contribution in [-0.2, 0) is 13.0 Å². The average Bonchev–Trinajstić information content (AvgIpc) is 2.07. The van der Waals surface area contributed by atoms with Gasteiger partial charge >= 0.3 is 0 Å². The fourth-order valence-corrected chi connectivity index (χ4v) is 2.01. The van der Waals surface area contributed by atoms with Gasteiger partial charge in [0, 0.05) is 12.0 Å². The van der Waals surface area contributed by atoms with Crippen LogP contribution in [-0.4, -0.2) is 35.3 Å². The standard InChI is InChI=1S/C11H15NO2.BrH/c1-12(2)4-3-8-5-10(13)11(14)6-9(8)7-12;/h5-6H,3-4,7H2,1-2H3,(H-,13,14);1H. The summed E-state index contributed by atoms with van der Waals surface area (Å²) in [5, 5.41) is 18.7. The van der Waals surface area contributed by atoms with Crippen molar-refractivity contribution in [1.82, 2.24) is 0 Å². The molecule has 0 saturated carbocycles. The second kappa shape index (κ2) is 4.02. The van der Waals surface area contributed by atoms with Crippen LogP contribution in [0, 0.1) is 0 Å². The van der Waals surface area contributed by atoms with Crippen molar-refractivity contribution in [1.29, 1.82) is 0 Å². The van der Waals surface area contributed by atoms with Crippen molar-refractivity contribution in [3.05, 3.63) is 23.3 Å². The second-order valence-electron chi connectivity index (χ2n) is 4.68. The van der Waals surface area contributed by atoms with E-state index in [0.717, 1.165) is 35.1 Å². The topological polar surface area (TPSA) is 40.5 Å². The predicted molar refractivity (Wildman–Crippen MR) is 54.2 cm³/mol. The molecule has 0 aromatic heterocycles. The number of quaternary nitrogens is 1. The molecule has 1 heterocycles. The first-order chi connectivity index (χ1) is 6.48. The predicted octanol–water partition coefficient (Wildman–Crippen LogP) is -1.77. The number of aromatic hydroxyl groups is 2. The highest BCUT2D eigenvalue weighted by atomic mass is 79.9. The molecular weight excluding hydrogens is 258 g/mol. The fraction of sp³-hybridized carbons (Fsp3) is 0.455. The van der Waals surface area contributed by atoms with Gasteiger partial charge in [0.25, 0.3) is 0 Å². The Balaban J connectivity index is 0.00000112. The molecule has 0 spiro atoms. The van der Waals surface area contributed by atoms with E-state index >= 15 is 0 Å². The van der Waals surface area contributed by atoms with Crippen molar-refractivity contribution in [2.45, 2.75) is 13.0 Å². The monoisotopic (exact) mass is 273 g/mol. The molecule has 3 nitrogen and oxygen atoms in total. The van der Waals surface area contributed by atoms with Crippen molar-refractivity contribution in [3.8, 4) is 11.5 Å². The maximum atomic E-state index is 9.39. The highest BCUT2D eigenvalue weighted by molar-refractivity contribution is 5.45. The normalized spacial score (nSPS) is 17.7. The van der Waals surface area contributed by atoms with E-state index in [1.165, 1.54) is 0 Å². The van der Waals surface area contributed by atoms with Gasteiger partial charge in [0.15, 0.2) is 11.5 Å². The number of nitrogens with zero attached hydrogens (tertiary/aromatic N) is 1. The molecule has 2 rings (SSSR count). The number of rotatable bonds is 0. The third kappa shape index (κ3) is 2.44. The molecule has 0 aliphatic carbocycles. The van der Waals surface area contributed by atoms with Crippen LogP contribution < -0.4 is 17.0 Å². The Kier molecular flexibility index (Phi) is 3.31. The zero-order valence-electron chi connectivity index (χ0n) is 9.00. The maximum absolute atomic E-state index is 9.39. The van der Waals surface area contributed by atoms with Crippen molar-refractivity contribution in [2.75, 3.05) is 20.6 Å². The van der Waals surface area contributed by atoms with E-state index < -0.39 is 0 Å². The van der Waals surface area contributed by atoms with E-state index in [9.17, 15) is 10.2 Å². The summed E-state index contributed by atoms with van der Waals surface area (Å²) in [6.07, 6.45) is 0.968. The minimum Gasteiger partial charge on any atom is -1.00 e. The van der Waals surface area contributed by atoms with Gasteiger partial charge in [-0.05, 0) is 17.7 Å². The quantitative estimate of drug-likeness (QED) is 0.434. The lowest BCUT2D eigenvalue weighted by Crippen LogP contribution is -3.00. The van der Waals surface area contributed by atoms with Crippen LogP contribution >= 0.6 is 0 Å². The summed E-state index contributed by atoms with van der Waals surface area (Å²) in [7, 11) is 4.35. The number of likely N-dealkylation sites (N-methyl/N-ethyl adjacent to an activating group) is 1. The van der Waals surface area contributed by atoms with E-state index in [2.05, 4.69) is 14.1 Å². The van der Waals surface area contributed by atoms with Gasteiger partial charge in [0.2, 0.25) is 0 Å². The van der Waals surface area contributed by atoms with Gasteiger partial charge in [-0.2, -0.15) is 0 Å². The SMILES string of the molecule is C[N+]1(C)CCc2cc(O)c(O)cc2C1.[Br-]. The number of hydrogen-bond acceptors (Lipinski definition) is 2. The summed E-state index contributed by atoms with van der Waals surface area (Å²) in [6.45, 7) is 2.00. The molecule has 0 radical (unpaired) electrons. The molecule has 0 unspecified atom stereocenters. The number of benzene rings is 1. The first-order valence-electron chi connectivity index (χ1n) is 4.84. The Morgan fingerprint density at radius 1 is 1.07 bits per heavy atom. The van der Waals surface area contributed by atoms with Crippen LogP contribution in [0.3, 0.4) is 0 Å². The molecule has 84 valence electrons. The second-order valence-corrected chi connectivity index (χ2v) is 4.68. The van der Waals surface area contributed by atoms with Crippen LogP contribution in [0.1, 0.15) is 11.1 Å². The third-order valence-electron chi connectivity index (χ3n) is 2.88. The summed E-state index contributed by atoms with van der Waals surface area (Å²) in [6, 6.07) is 3.37. The molecule has 1 aliphatic heterocycles. The van der Waals surface area contributed by atoms with Gasteiger partial charge in [-0.3, -0.25) is 0 Å². The minimum atomic E-state index is -0.00866. The Morgan fingerprint density at radius 2 is 1.60 bits per heavy atom. The average molecular weight is 274 g/mol. The molecule has 2 N–H and O–H groups in total. The zero-order chi connectivity index (χ0) is 10.3. The van der Waals surface area contributed by atoms with Crippen LogP contribution in [0.2, 0.25) is 0 Å². The van der Waals surface area contributed by atoms with Crippen molar-refractivity contribution in [2.24, 2.45) is 0 Å². The highest BCUT2D eigenvalue weighted by Gasteiger charge is 2.25. The van der Waals surface area contributed by atoms with Gasteiger partial charge in [0.05, 0.1) is 20.6 Å². The summed E-state index contributed by atoms with van der Waals surface area (Å²) in [5.41, 5.74) is 2.31. The first-order valence-corrected chi connectivity index (χ1v) is 4.84. The molecule has 15 heavy (non-hydrogen) atoms. The van der Waals surface area contributed by atoms with Crippen LogP contribution in [0.4, 0.5) is 0 Å². The van der Waals surface area contributed by atoms with Crippen molar-refractivity contribution in [3.63, 3.8) is 0 Å². The Morgan fingerprint density at radius 3 is 2.20 bits per heavy atom. The molecule has 0 fully saturated rings. The molecule has 1 aromatic carbocycles. The van der Waals surface area contributed by atoms with Gasteiger partial charge in [0.1, 0.15) is 6.54 Å². The van der Waals surface area contributed by atoms with Gasteiger partial charge < -0.3 is 31.7 Å². The lowest BCUT2D eigenvalue weighted by Gasteiger charge is -2.34. The summed E-state index contributed by atoms with van der Waals surface area (Å²) < 4.78 is 0.942. The molecule has 0 bridgehead atoms. The van der Waals surface area contributed by atoms with Crippen LogP contribution in [0.15, 0.2) is 12.1 Å².